The quantitative estimate of drug-likeness (QED) is 0.811. The van der Waals surface area contributed by atoms with Gasteiger partial charge in [-0.2, -0.15) is 5.10 Å². The third-order valence-corrected chi connectivity index (χ3v) is 4.99. The second-order valence-corrected chi connectivity index (χ2v) is 7.07. The highest BCUT2D eigenvalue weighted by Crippen LogP contribution is 2.17. The van der Waals surface area contributed by atoms with Crippen LogP contribution < -0.4 is 0 Å². The summed E-state index contributed by atoms with van der Waals surface area (Å²) in [6.45, 7) is 5.21. The van der Waals surface area contributed by atoms with Gasteiger partial charge in [-0.1, -0.05) is 30.3 Å². The molecule has 1 aliphatic heterocycles. The lowest BCUT2D eigenvalue weighted by molar-refractivity contribution is -0.135. The molecule has 1 aromatic heterocycles. The first-order valence-electron chi connectivity index (χ1n) is 9.13. The zero-order chi connectivity index (χ0) is 17.6. The summed E-state index contributed by atoms with van der Waals surface area (Å²) in [5.74, 6) is 0.175. The highest BCUT2D eigenvalue weighted by Gasteiger charge is 2.26. The zero-order valence-corrected chi connectivity index (χ0v) is 15.3. The van der Waals surface area contributed by atoms with E-state index in [0.717, 1.165) is 44.5 Å². The van der Waals surface area contributed by atoms with Crippen molar-refractivity contribution in [1.29, 1.82) is 0 Å². The van der Waals surface area contributed by atoms with Crippen molar-refractivity contribution >= 4 is 5.91 Å². The van der Waals surface area contributed by atoms with E-state index in [2.05, 4.69) is 46.2 Å². The summed E-state index contributed by atoms with van der Waals surface area (Å²) < 4.78 is 1.75. The molecule has 0 atom stereocenters. The molecule has 1 aliphatic rings. The first-order valence-corrected chi connectivity index (χ1v) is 9.13. The zero-order valence-electron chi connectivity index (χ0n) is 15.3. The molecule has 2 heterocycles. The number of piperidine rings is 1. The van der Waals surface area contributed by atoms with Gasteiger partial charge in [-0.15, -0.1) is 0 Å². The van der Waals surface area contributed by atoms with Crippen LogP contribution in [0.1, 0.15) is 24.0 Å². The molecule has 0 radical (unpaired) electrons. The second kappa shape index (κ2) is 8.30. The largest absolute Gasteiger partial charge is 0.338 e. The fourth-order valence-electron chi connectivity index (χ4n) is 3.49. The Morgan fingerprint density at radius 2 is 1.96 bits per heavy atom. The van der Waals surface area contributed by atoms with Crippen LogP contribution in [0, 0.1) is 6.92 Å². The molecule has 5 nitrogen and oxygen atoms in total. The minimum Gasteiger partial charge on any atom is -0.338 e. The van der Waals surface area contributed by atoms with Crippen molar-refractivity contribution in [3.63, 3.8) is 0 Å². The number of hydrogen-bond acceptors (Lipinski definition) is 3. The average molecular weight is 340 g/mol. The van der Waals surface area contributed by atoms with E-state index in [1.54, 1.807) is 10.9 Å². The van der Waals surface area contributed by atoms with Crippen molar-refractivity contribution in [2.24, 2.45) is 0 Å². The number of carbonyl (C=O) groups is 1. The van der Waals surface area contributed by atoms with Crippen LogP contribution in [0.4, 0.5) is 0 Å². The SMILES string of the molecule is Cc1cnn(CC(=O)N(CCc2ccccc2)C2CCN(C)CC2)c1. The number of rotatable bonds is 6. The maximum atomic E-state index is 13.0. The van der Waals surface area contributed by atoms with Crippen LogP contribution in [0.5, 0.6) is 0 Å². The molecular weight excluding hydrogens is 312 g/mol. The first-order chi connectivity index (χ1) is 12.1. The molecule has 0 aliphatic carbocycles. The lowest BCUT2D eigenvalue weighted by Gasteiger charge is -2.37. The third kappa shape index (κ3) is 4.92. The fourth-order valence-corrected chi connectivity index (χ4v) is 3.49. The Balaban J connectivity index is 1.67. The van der Waals surface area contributed by atoms with Gasteiger partial charge in [0.25, 0.3) is 0 Å². The Morgan fingerprint density at radius 3 is 2.60 bits per heavy atom. The Morgan fingerprint density at radius 1 is 1.24 bits per heavy atom. The number of benzene rings is 1. The van der Waals surface area contributed by atoms with Gasteiger partial charge in [-0.3, -0.25) is 9.48 Å². The molecule has 1 aromatic carbocycles. The molecule has 1 fully saturated rings. The molecule has 134 valence electrons. The van der Waals surface area contributed by atoms with Gasteiger partial charge in [-0.25, -0.2) is 0 Å². The number of carbonyl (C=O) groups excluding carboxylic acids is 1. The van der Waals surface area contributed by atoms with E-state index in [1.807, 2.05) is 19.2 Å². The van der Waals surface area contributed by atoms with E-state index in [0.29, 0.717) is 12.6 Å². The second-order valence-electron chi connectivity index (χ2n) is 7.07. The van der Waals surface area contributed by atoms with Gasteiger partial charge in [0.15, 0.2) is 0 Å². The first kappa shape index (κ1) is 17.7. The summed E-state index contributed by atoms with van der Waals surface area (Å²) in [6.07, 6.45) is 6.74. The molecule has 0 bridgehead atoms. The summed E-state index contributed by atoms with van der Waals surface area (Å²) in [5, 5.41) is 4.27. The van der Waals surface area contributed by atoms with E-state index in [1.165, 1.54) is 5.56 Å². The minimum absolute atomic E-state index is 0.175. The van der Waals surface area contributed by atoms with E-state index in [-0.39, 0.29) is 5.91 Å². The van der Waals surface area contributed by atoms with Crippen LogP contribution >= 0.6 is 0 Å². The normalized spacial score (nSPS) is 16.1. The highest BCUT2D eigenvalue weighted by atomic mass is 16.2. The molecule has 0 spiro atoms. The number of likely N-dealkylation sites (tertiary alicyclic amines) is 1. The Hall–Kier alpha value is -2.14. The average Bonchev–Trinajstić information content (AvgIpc) is 3.02. The van der Waals surface area contributed by atoms with Crippen LogP contribution in [0.3, 0.4) is 0 Å². The summed E-state index contributed by atoms with van der Waals surface area (Å²) in [4.78, 5) is 17.4. The Labute approximate surface area is 150 Å². The highest BCUT2D eigenvalue weighted by molar-refractivity contribution is 5.76. The van der Waals surface area contributed by atoms with Crippen molar-refractivity contribution in [2.75, 3.05) is 26.7 Å². The van der Waals surface area contributed by atoms with Crippen LogP contribution in [0.2, 0.25) is 0 Å². The van der Waals surface area contributed by atoms with Crippen molar-refractivity contribution < 1.29 is 4.79 Å². The molecule has 3 rings (SSSR count). The topological polar surface area (TPSA) is 41.4 Å². The van der Waals surface area contributed by atoms with Gasteiger partial charge >= 0.3 is 0 Å². The summed E-state index contributed by atoms with van der Waals surface area (Å²) >= 11 is 0. The maximum absolute atomic E-state index is 13.0. The van der Waals surface area contributed by atoms with Crippen LogP contribution in [0.25, 0.3) is 0 Å². The molecule has 1 amide bonds. The van der Waals surface area contributed by atoms with Gasteiger partial charge in [0.1, 0.15) is 6.54 Å². The number of aromatic nitrogens is 2. The predicted octanol–water partition coefficient (Wildman–Crippen LogP) is 2.36. The maximum Gasteiger partial charge on any atom is 0.244 e. The molecule has 2 aromatic rings. The van der Waals surface area contributed by atoms with E-state index < -0.39 is 0 Å². The fraction of sp³-hybridized carbons (Fsp3) is 0.500. The van der Waals surface area contributed by atoms with Crippen LogP contribution in [0.15, 0.2) is 42.7 Å². The number of nitrogens with zero attached hydrogens (tertiary/aromatic N) is 4. The number of hydrogen-bond donors (Lipinski definition) is 0. The van der Waals surface area contributed by atoms with E-state index in [9.17, 15) is 4.79 Å². The monoisotopic (exact) mass is 340 g/mol. The van der Waals surface area contributed by atoms with Crippen molar-refractivity contribution in [1.82, 2.24) is 19.6 Å². The van der Waals surface area contributed by atoms with Gasteiger partial charge < -0.3 is 9.80 Å². The summed E-state index contributed by atoms with van der Waals surface area (Å²) in [5.41, 5.74) is 2.37. The van der Waals surface area contributed by atoms with E-state index >= 15 is 0 Å². The molecule has 0 unspecified atom stereocenters. The van der Waals surface area contributed by atoms with Crippen molar-refractivity contribution in [3.05, 3.63) is 53.9 Å². The summed E-state index contributed by atoms with van der Waals surface area (Å²) in [7, 11) is 2.15. The molecule has 1 saturated heterocycles. The van der Waals surface area contributed by atoms with Crippen molar-refractivity contribution in [3.8, 4) is 0 Å². The van der Waals surface area contributed by atoms with Crippen molar-refractivity contribution in [2.45, 2.75) is 38.8 Å². The molecular formula is C20H28N4O. The lowest BCUT2D eigenvalue weighted by atomic mass is 10.0. The van der Waals surface area contributed by atoms with Gasteiger partial charge in [0, 0.05) is 18.8 Å². The molecule has 0 N–H and O–H groups in total. The molecule has 25 heavy (non-hydrogen) atoms. The predicted molar refractivity (Wildman–Crippen MR) is 99.3 cm³/mol. The number of aryl methyl sites for hydroxylation is 1. The molecule has 5 heteroatoms. The van der Waals surface area contributed by atoms with Gasteiger partial charge in [0.2, 0.25) is 5.91 Å². The minimum atomic E-state index is 0.175. The lowest BCUT2D eigenvalue weighted by Crippen LogP contribution is -2.48. The van der Waals surface area contributed by atoms with Gasteiger partial charge in [0.05, 0.1) is 6.20 Å². The molecule has 0 saturated carbocycles. The third-order valence-electron chi connectivity index (χ3n) is 4.99. The smallest absolute Gasteiger partial charge is 0.244 e. The van der Waals surface area contributed by atoms with E-state index in [4.69, 9.17) is 0 Å². The number of amides is 1. The van der Waals surface area contributed by atoms with Gasteiger partial charge in [-0.05, 0) is 57.5 Å². The Bertz CT molecular complexity index is 674. The Kier molecular flexibility index (Phi) is 5.87. The van der Waals surface area contributed by atoms with Crippen LogP contribution in [-0.2, 0) is 17.8 Å². The standard InChI is InChI=1S/C20H28N4O/c1-17-14-21-23(15-17)16-20(25)24(19-9-11-22(2)12-10-19)13-8-18-6-4-3-5-7-18/h3-7,14-15,19H,8-13,16H2,1-2H3. The summed E-state index contributed by atoms with van der Waals surface area (Å²) in [6, 6.07) is 10.8. The van der Waals surface area contributed by atoms with Crippen LogP contribution in [-0.4, -0.2) is 58.2 Å².